The molecule has 1 aromatic rings. The largest absolute Gasteiger partial charge is 0.478 e. The summed E-state index contributed by atoms with van der Waals surface area (Å²) in [6.07, 6.45) is 2.55. The van der Waals surface area contributed by atoms with Gasteiger partial charge in [0.25, 0.3) is 0 Å². The average molecular weight is 341 g/mol. The molecule has 1 heterocycles. The Hall–Kier alpha value is -0.910. The fraction of sp³-hybridized carbons (Fsp3) is 0.533. The first-order valence-electron chi connectivity index (χ1n) is 6.88. The summed E-state index contributed by atoms with van der Waals surface area (Å²) in [7, 11) is 4.30. The molecule has 20 heavy (non-hydrogen) atoms. The number of rotatable bonds is 5. The Bertz CT molecular complexity index is 493. The summed E-state index contributed by atoms with van der Waals surface area (Å²) in [5.74, 6) is -0.891. The second-order valence-corrected chi connectivity index (χ2v) is 6.44. The third-order valence-corrected chi connectivity index (χ3v) is 4.67. The molecule has 1 saturated heterocycles. The zero-order valence-electron chi connectivity index (χ0n) is 12.0. The highest BCUT2D eigenvalue weighted by molar-refractivity contribution is 9.10. The van der Waals surface area contributed by atoms with Gasteiger partial charge < -0.3 is 14.9 Å². The number of hydrogen-bond donors (Lipinski definition) is 1. The molecule has 0 saturated carbocycles. The number of likely N-dealkylation sites (N-methyl/N-ethyl adjacent to an activating group) is 2. The lowest BCUT2D eigenvalue weighted by Crippen LogP contribution is -2.36. The van der Waals surface area contributed by atoms with Gasteiger partial charge in [-0.2, -0.15) is 0 Å². The van der Waals surface area contributed by atoms with E-state index < -0.39 is 5.97 Å². The molecule has 1 aliphatic heterocycles. The summed E-state index contributed by atoms with van der Waals surface area (Å²) in [6.45, 7) is 3.06. The Kier molecular flexibility index (Phi) is 5.18. The van der Waals surface area contributed by atoms with Crippen molar-refractivity contribution in [2.45, 2.75) is 25.4 Å². The fourth-order valence-corrected chi connectivity index (χ4v) is 3.24. The molecule has 0 amide bonds. The number of carboxylic acid groups (broad SMARTS) is 1. The van der Waals surface area contributed by atoms with Crippen molar-refractivity contribution in [2.75, 3.05) is 27.2 Å². The van der Waals surface area contributed by atoms with Crippen molar-refractivity contribution >= 4 is 21.9 Å². The van der Waals surface area contributed by atoms with Crippen LogP contribution in [0.15, 0.2) is 22.7 Å². The zero-order valence-corrected chi connectivity index (χ0v) is 13.6. The van der Waals surface area contributed by atoms with Gasteiger partial charge in [-0.05, 0) is 51.2 Å². The van der Waals surface area contributed by atoms with E-state index in [1.165, 1.54) is 19.4 Å². The van der Waals surface area contributed by atoms with E-state index in [1.807, 2.05) is 6.07 Å². The van der Waals surface area contributed by atoms with Crippen molar-refractivity contribution in [2.24, 2.45) is 0 Å². The second-order valence-electron chi connectivity index (χ2n) is 5.58. The van der Waals surface area contributed by atoms with Gasteiger partial charge in [0.05, 0.1) is 5.56 Å². The van der Waals surface area contributed by atoms with Crippen molar-refractivity contribution < 1.29 is 9.90 Å². The molecule has 2 rings (SSSR count). The lowest BCUT2D eigenvalue weighted by atomic mass is 10.1. The second kappa shape index (κ2) is 6.70. The first-order valence-corrected chi connectivity index (χ1v) is 7.67. The van der Waals surface area contributed by atoms with Crippen LogP contribution in [-0.4, -0.2) is 54.1 Å². The van der Waals surface area contributed by atoms with Crippen LogP contribution in [0.2, 0.25) is 0 Å². The quantitative estimate of drug-likeness (QED) is 0.894. The first kappa shape index (κ1) is 15.5. The van der Waals surface area contributed by atoms with Crippen LogP contribution in [0, 0.1) is 0 Å². The van der Waals surface area contributed by atoms with Crippen LogP contribution in [0.25, 0.3) is 0 Å². The Morgan fingerprint density at radius 2 is 2.30 bits per heavy atom. The van der Waals surface area contributed by atoms with Crippen LogP contribution in [-0.2, 0) is 6.54 Å². The van der Waals surface area contributed by atoms with E-state index >= 15 is 0 Å². The zero-order chi connectivity index (χ0) is 14.7. The van der Waals surface area contributed by atoms with Gasteiger partial charge in [0.15, 0.2) is 0 Å². The average Bonchev–Trinajstić information content (AvgIpc) is 2.77. The number of nitrogens with zero attached hydrogens (tertiary/aromatic N) is 2. The number of hydrogen-bond acceptors (Lipinski definition) is 3. The summed E-state index contributed by atoms with van der Waals surface area (Å²) < 4.78 is 0.865. The van der Waals surface area contributed by atoms with Crippen molar-refractivity contribution in [3.63, 3.8) is 0 Å². The normalized spacial score (nSPS) is 19.7. The minimum Gasteiger partial charge on any atom is -0.478 e. The van der Waals surface area contributed by atoms with Gasteiger partial charge in [-0.3, -0.25) is 0 Å². The number of carboxylic acids is 1. The maximum absolute atomic E-state index is 10.9. The van der Waals surface area contributed by atoms with E-state index in [9.17, 15) is 4.79 Å². The van der Waals surface area contributed by atoms with E-state index in [2.05, 4.69) is 39.8 Å². The molecule has 0 radical (unpaired) electrons. The highest BCUT2D eigenvalue weighted by Crippen LogP contribution is 2.21. The Balaban J connectivity index is 1.97. The molecule has 1 aromatic carbocycles. The SMILES string of the molecule is CN(Cc1ccc(C(=O)O)cc1Br)CC1CCCN1C. The van der Waals surface area contributed by atoms with Gasteiger partial charge in [0, 0.05) is 23.6 Å². The monoisotopic (exact) mass is 340 g/mol. The smallest absolute Gasteiger partial charge is 0.335 e. The summed E-state index contributed by atoms with van der Waals surface area (Å²) in [5.41, 5.74) is 1.44. The highest BCUT2D eigenvalue weighted by atomic mass is 79.9. The molecule has 1 N–H and O–H groups in total. The van der Waals surface area contributed by atoms with Gasteiger partial charge in [-0.15, -0.1) is 0 Å². The number of likely N-dealkylation sites (tertiary alicyclic amines) is 1. The lowest BCUT2D eigenvalue weighted by molar-refractivity contribution is 0.0697. The summed E-state index contributed by atoms with van der Waals surface area (Å²) in [5, 5.41) is 8.96. The predicted molar refractivity (Wildman–Crippen MR) is 83.1 cm³/mol. The Morgan fingerprint density at radius 1 is 1.55 bits per heavy atom. The van der Waals surface area contributed by atoms with Gasteiger partial charge in [0.2, 0.25) is 0 Å². The number of carbonyl (C=O) groups is 1. The molecule has 1 fully saturated rings. The third kappa shape index (κ3) is 3.81. The minimum absolute atomic E-state index is 0.318. The number of halogens is 1. The van der Waals surface area contributed by atoms with Crippen molar-refractivity contribution in [1.82, 2.24) is 9.80 Å². The van der Waals surface area contributed by atoms with Crippen LogP contribution >= 0.6 is 15.9 Å². The standard InChI is InChI=1S/C15H21BrN2O2/c1-17(10-13-4-3-7-18(13)2)9-12-6-5-11(15(19)20)8-14(12)16/h5-6,8,13H,3-4,7,9-10H2,1-2H3,(H,19,20). The van der Waals surface area contributed by atoms with E-state index in [4.69, 9.17) is 5.11 Å². The van der Waals surface area contributed by atoms with Gasteiger partial charge in [0.1, 0.15) is 0 Å². The first-order chi connectivity index (χ1) is 9.47. The summed E-state index contributed by atoms with van der Waals surface area (Å²) in [4.78, 5) is 15.6. The van der Waals surface area contributed by atoms with Crippen molar-refractivity contribution in [3.8, 4) is 0 Å². The Labute approximate surface area is 128 Å². The molecular weight excluding hydrogens is 320 g/mol. The van der Waals surface area contributed by atoms with Gasteiger partial charge in [-0.1, -0.05) is 22.0 Å². The van der Waals surface area contributed by atoms with Crippen LogP contribution in [0.1, 0.15) is 28.8 Å². The van der Waals surface area contributed by atoms with Crippen LogP contribution < -0.4 is 0 Å². The molecule has 0 bridgehead atoms. The Morgan fingerprint density at radius 3 is 2.85 bits per heavy atom. The van der Waals surface area contributed by atoms with Crippen molar-refractivity contribution in [3.05, 3.63) is 33.8 Å². The van der Waals surface area contributed by atoms with E-state index in [0.29, 0.717) is 11.6 Å². The van der Waals surface area contributed by atoms with E-state index in [1.54, 1.807) is 12.1 Å². The van der Waals surface area contributed by atoms with Crippen molar-refractivity contribution in [1.29, 1.82) is 0 Å². The number of aromatic carboxylic acids is 1. The molecule has 4 nitrogen and oxygen atoms in total. The molecule has 1 atom stereocenters. The molecule has 110 valence electrons. The van der Waals surface area contributed by atoms with E-state index in [0.717, 1.165) is 23.1 Å². The molecular formula is C15H21BrN2O2. The van der Waals surface area contributed by atoms with Crippen LogP contribution in [0.4, 0.5) is 0 Å². The minimum atomic E-state index is -0.891. The topological polar surface area (TPSA) is 43.8 Å². The summed E-state index contributed by atoms with van der Waals surface area (Å²) >= 11 is 3.47. The van der Waals surface area contributed by atoms with Gasteiger partial charge >= 0.3 is 5.97 Å². The fourth-order valence-electron chi connectivity index (χ4n) is 2.73. The molecule has 0 aromatic heterocycles. The van der Waals surface area contributed by atoms with Crippen LogP contribution in [0.3, 0.4) is 0 Å². The molecule has 0 aliphatic carbocycles. The lowest BCUT2D eigenvalue weighted by Gasteiger charge is -2.26. The molecule has 0 spiro atoms. The molecule has 1 aliphatic rings. The molecule has 5 heteroatoms. The maximum atomic E-state index is 10.9. The molecule has 1 unspecified atom stereocenters. The highest BCUT2D eigenvalue weighted by Gasteiger charge is 2.22. The number of benzene rings is 1. The van der Waals surface area contributed by atoms with E-state index in [-0.39, 0.29) is 0 Å². The van der Waals surface area contributed by atoms with Crippen LogP contribution in [0.5, 0.6) is 0 Å². The third-order valence-electron chi connectivity index (χ3n) is 3.93. The predicted octanol–water partition coefficient (Wildman–Crippen LogP) is 2.67. The maximum Gasteiger partial charge on any atom is 0.335 e. The van der Waals surface area contributed by atoms with Gasteiger partial charge in [-0.25, -0.2) is 4.79 Å². The summed E-state index contributed by atoms with van der Waals surface area (Å²) in [6, 6.07) is 5.87.